The highest BCUT2D eigenvalue weighted by Crippen LogP contribution is 2.25. The molecule has 3 N–H and O–H groups in total. The molecule has 0 spiro atoms. The van der Waals surface area contributed by atoms with Gasteiger partial charge in [-0.1, -0.05) is 23.4 Å². The van der Waals surface area contributed by atoms with Crippen molar-refractivity contribution in [1.29, 1.82) is 0 Å². The second-order valence-electron chi connectivity index (χ2n) is 4.20. The fourth-order valence-corrected chi connectivity index (χ4v) is 3.32. The highest BCUT2D eigenvalue weighted by molar-refractivity contribution is 7.89. The van der Waals surface area contributed by atoms with Crippen molar-refractivity contribution in [2.24, 2.45) is 5.73 Å². The monoisotopic (exact) mass is 316 g/mol. The van der Waals surface area contributed by atoms with E-state index in [-0.39, 0.29) is 23.1 Å². The average molecular weight is 317 g/mol. The third kappa shape index (κ3) is 3.72. The van der Waals surface area contributed by atoms with E-state index in [2.05, 4.69) is 11.8 Å². The lowest BCUT2D eigenvalue weighted by molar-refractivity contribution is 0.214. The third-order valence-corrected chi connectivity index (χ3v) is 5.26. The van der Waals surface area contributed by atoms with Crippen LogP contribution >= 0.6 is 11.6 Å². The zero-order valence-electron chi connectivity index (χ0n) is 11.3. The molecule has 0 aliphatic rings. The normalized spacial score (nSPS) is 12.9. The molecule has 0 heterocycles. The van der Waals surface area contributed by atoms with Crippen LogP contribution in [0.4, 0.5) is 0 Å². The van der Waals surface area contributed by atoms with Gasteiger partial charge in [0.05, 0.1) is 18.2 Å². The van der Waals surface area contributed by atoms with Crippen molar-refractivity contribution in [1.82, 2.24) is 4.31 Å². The molecule has 0 bridgehead atoms. The van der Waals surface area contributed by atoms with Crippen LogP contribution in [0.25, 0.3) is 0 Å². The van der Waals surface area contributed by atoms with Crippen LogP contribution in [0.3, 0.4) is 0 Å². The maximum absolute atomic E-state index is 12.4. The van der Waals surface area contributed by atoms with Gasteiger partial charge in [0.15, 0.2) is 0 Å². The molecule has 0 aliphatic heterocycles. The summed E-state index contributed by atoms with van der Waals surface area (Å²) in [5, 5.41) is 9.15. The van der Waals surface area contributed by atoms with Gasteiger partial charge in [-0.25, -0.2) is 8.42 Å². The molecule has 0 radical (unpaired) electrons. The Kier molecular flexibility index (Phi) is 5.99. The van der Waals surface area contributed by atoms with Gasteiger partial charge < -0.3 is 10.8 Å². The first-order valence-corrected chi connectivity index (χ1v) is 7.73. The van der Waals surface area contributed by atoms with Crippen LogP contribution in [0.2, 0.25) is 5.02 Å². The highest BCUT2D eigenvalue weighted by Gasteiger charge is 2.27. The van der Waals surface area contributed by atoms with Crippen molar-refractivity contribution in [3.05, 3.63) is 28.8 Å². The van der Waals surface area contributed by atoms with Gasteiger partial charge >= 0.3 is 0 Å². The Morgan fingerprint density at radius 2 is 2.15 bits per heavy atom. The largest absolute Gasteiger partial charge is 0.395 e. The summed E-state index contributed by atoms with van der Waals surface area (Å²) in [7, 11) is -2.35. The Balaban J connectivity index is 3.20. The van der Waals surface area contributed by atoms with Gasteiger partial charge in [-0.15, -0.1) is 0 Å². The quantitative estimate of drug-likeness (QED) is 0.799. The van der Waals surface area contributed by atoms with E-state index in [1.807, 2.05) is 0 Å². The van der Waals surface area contributed by atoms with Crippen molar-refractivity contribution in [2.45, 2.75) is 17.9 Å². The Morgan fingerprint density at radius 3 is 2.65 bits per heavy atom. The van der Waals surface area contributed by atoms with Crippen molar-refractivity contribution in [3.8, 4) is 11.8 Å². The van der Waals surface area contributed by atoms with E-state index in [4.69, 9.17) is 22.4 Å². The summed E-state index contributed by atoms with van der Waals surface area (Å²) in [6.45, 7) is 1.55. The number of halogens is 1. The predicted octanol–water partition coefficient (Wildman–Crippen LogP) is 0.652. The van der Waals surface area contributed by atoms with E-state index in [0.717, 1.165) is 4.31 Å². The molecule has 1 aromatic carbocycles. The Morgan fingerprint density at radius 1 is 1.50 bits per heavy atom. The van der Waals surface area contributed by atoms with Gasteiger partial charge in [0.2, 0.25) is 10.0 Å². The molecule has 5 nitrogen and oxygen atoms in total. The van der Waals surface area contributed by atoms with Gasteiger partial charge in [-0.2, -0.15) is 4.31 Å². The zero-order valence-corrected chi connectivity index (χ0v) is 12.9. The highest BCUT2D eigenvalue weighted by atomic mass is 35.5. The van der Waals surface area contributed by atoms with E-state index in [1.165, 1.54) is 19.2 Å². The molecule has 1 atom stereocenters. The van der Waals surface area contributed by atoms with Crippen molar-refractivity contribution >= 4 is 21.6 Å². The van der Waals surface area contributed by atoms with E-state index in [0.29, 0.717) is 5.56 Å². The Hall–Kier alpha value is -1.10. The Bertz CT molecular complexity index is 635. The lowest BCUT2D eigenvalue weighted by Gasteiger charge is -2.23. The molecule has 1 unspecified atom stereocenters. The van der Waals surface area contributed by atoms with Crippen LogP contribution in [-0.2, 0) is 10.0 Å². The molecule has 1 aromatic rings. The van der Waals surface area contributed by atoms with E-state index in [1.54, 1.807) is 13.0 Å². The third-order valence-electron chi connectivity index (χ3n) is 2.81. The fraction of sp³-hybridized carbons (Fsp3) is 0.385. The molecule has 0 aliphatic carbocycles. The molecule has 0 aromatic heterocycles. The van der Waals surface area contributed by atoms with Crippen molar-refractivity contribution in [3.63, 3.8) is 0 Å². The van der Waals surface area contributed by atoms with Gasteiger partial charge in [-0.3, -0.25) is 0 Å². The number of nitrogens with two attached hydrogens (primary N) is 1. The summed E-state index contributed by atoms with van der Waals surface area (Å²) in [6.07, 6.45) is 0. The number of likely N-dealkylation sites (N-methyl/N-ethyl adjacent to an activating group) is 1. The standard InChI is InChI=1S/C13H17ClN2O3S/c1-10(9-17)16(2)20(18,19)13-6-5-11(4-3-7-15)8-12(13)14/h5-6,8,10,17H,7,9,15H2,1-2H3. The first kappa shape index (κ1) is 17.0. The van der Waals surface area contributed by atoms with Gasteiger partial charge in [0, 0.05) is 18.7 Å². The SMILES string of the molecule is CC(CO)N(C)S(=O)(=O)c1ccc(C#CCN)cc1Cl. The number of aliphatic hydroxyl groups is 1. The molecule has 0 saturated heterocycles. The first-order chi connectivity index (χ1) is 9.34. The van der Waals surface area contributed by atoms with Crippen LogP contribution in [0.5, 0.6) is 0 Å². The van der Waals surface area contributed by atoms with Crippen LogP contribution in [0, 0.1) is 11.8 Å². The minimum absolute atomic E-state index is 0.0136. The topological polar surface area (TPSA) is 83.6 Å². The average Bonchev–Trinajstić information content (AvgIpc) is 2.43. The number of hydrogen-bond acceptors (Lipinski definition) is 4. The summed E-state index contributed by atoms with van der Waals surface area (Å²) in [5.74, 6) is 5.45. The molecule has 110 valence electrons. The molecule has 7 heteroatoms. The number of rotatable bonds is 4. The molecule has 20 heavy (non-hydrogen) atoms. The summed E-state index contributed by atoms with van der Waals surface area (Å²) in [6, 6.07) is 3.92. The molecule has 1 rings (SSSR count). The predicted molar refractivity (Wildman–Crippen MR) is 78.9 cm³/mol. The number of hydrogen-bond donors (Lipinski definition) is 2. The molecular weight excluding hydrogens is 300 g/mol. The first-order valence-electron chi connectivity index (χ1n) is 5.92. The summed E-state index contributed by atoms with van der Waals surface area (Å²) in [4.78, 5) is -0.0136. The summed E-state index contributed by atoms with van der Waals surface area (Å²) < 4.78 is 25.8. The number of sulfonamides is 1. The number of nitrogens with zero attached hydrogens (tertiary/aromatic N) is 1. The Labute approximate surface area is 124 Å². The molecule has 0 amide bonds. The lowest BCUT2D eigenvalue weighted by Crippen LogP contribution is -2.37. The summed E-state index contributed by atoms with van der Waals surface area (Å²) >= 11 is 6.02. The van der Waals surface area contributed by atoms with Gasteiger partial charge in [0.1, 0.15) is 4.90 Å². The second-order valence-corrected chi connectivity index (χ2v) is 6.58. The number of aliphatic hydroxyl groups excluding tert-OH is 1. The zero-order chi connectivity index (χ0) is 15.3. The van der Waals surface area contributed by atoms with Gasteiger partial charge in [-0.05, 0) is 25.1 Å². The second kappa shape index (κ2) is 7.07. The number of benzene rings is 1. The van der Waals surface area contributed by atoms with E-state index >= 15 is 0 Å². The van der Waals surface area contributed by atoms with Crippen molar-refractivity contribution in [2.75, 3.05) is 20.2 Å². The molecule has 0 fully saturated rings. The molecule has 0 saturated carbocycles. The van der Waals surface area contributed by atoms with Crippen LogP contribution in [-0.4, -0.2) is 44.1 Å². The van der Waals surface area contributed by atoms with Crippen LogP contribution in [0.15, 0.2) is 23.1 Å². The lowest BCUT2D eigenvalue weighted by atomic mass is 10.2. The van der Waals surface area contributed by atoms with E-state index in [9.17, 15) is 8.42 Å². The smallest absolute Gasteiger partial charge is 0.244 e. The van der Waals surface area contributed by atoms with Gasteiger partial charge in [0.25, 0.3) is 0 Å². The van der Waals surface area contributed by atoms with Crippen molar-refractivity contribution < 1.29 is 13.5 Å². The minimum Gasteiger partial charge on any atom is -0.395 e. The maximum Gasteiger partial charge on any atom is 0.244 e. The van der Waals surface area contributed by atoms with Crippen LogP contribution < -0.4 is 5.73 Å². The molecular formula is C13H17ClN2O3S. The maximum atomic E-state index is 12.4. The fourth-order valence-electron chi connectivity index (χ4n) is 1.45. The van der Waals surface area contributed by atoms with E-state index < -0.39 is 16.1 Å². The van der Waals surface area contributed by atoms with Crippen LogP contribution in [0.1, 0.15) is 12.5 Å². The summed E-state index contributed by atoms with van der Waals surface area (Å²) in [5.41, 5.74) is 5.86. The minimum atomic E-state index is -3.75.